The number of aryl methyl sites for hydroxylation is 1. The average Bonchev–Trinajstić information content (AvgIpc) is 2.98. The molecule has 1 heterocycles. The van der Waals surface area contributed by atoms with E-state index in [0.717, 1.165) is 47.4 Å². The third kappa shape index (κ3) is 3.15. The maximum absolute atomic E-state index is 5.97. The van der Waals surface area contributed by atoms with Crippen LogP contribution in [0.1, 0.15) is 12.0 Å². The van der Waals surface area contributed by atoms with E-state index in [1.807, 2.05) is 25.2 Å². The van der Waals surface area contributed by atoms with Crippen LogP contribution in [0.15, 0.2) is 52.9 Å². The molecule has 22 heavy (non-hydrogen) atoms. The molecule has 0 saturated heterocycles. The molecule has 0 aliphatic carbocycles. The molecule has 1 aromatic heterocycles. The molecule has 3 heteroatoms. The number of methoxy groups -OCH3 is 1. The molecule has 0 saturated carbocycles. The Morgan fingerprint density at radius 2 is 2.00 bits per heavy atom. The predicted molar refractivity (Wildman–Crippen MR) is 90.4 cm³/mol. The topological polar surface area (TPSA) is 34.4 Å². The van der Waals surface area contributed by atoms with Gasteiger partial charge in [-0.05, 0) is 62.3 Å². The molecule has 0 unspecified atom stereocenters. The zero-order chi connectivity index (χ0) is 15.4. The van der Waals surface area contributed by atoms with Crippen LogP contribution in [0, 0.1) is 0 Å². The highest BCUT2D eigenvalue weighted by Crippen LogP contribution is 2.30. The Morgan fingerprint density at radius 1 is 1.09 bits per heavy atom. The first-order valence-corrected chi connectivity index (χ1v) is 7.61. The number of hydrogen-bond donors (Lipinski definition) is 1. The Morgan fingerprint density at radius 3 is 2.82 bits per heavy atom. The monoisotopic (exact) mass is 295 g/mol. The number of hydrogen-bond acceptors (Lipinski definition) is 3. The molecule has 3 nitrogen and oxygen atoms in total. The van der Waals surface area contributed by atoms with Crippen LogP contribution in [0.3, 0.4) is 0 Å². The van der Waals surface area contributed by atoms with Gasteiger partial charge in [-0.1, -0.05) is 18.2 Å². The van der Waals surface area contributed by atoms with Crippen molar-refractivity contribution in [1.82, 2.24) is 5.32 Å². The molecule has 0 amide bonds. The number of rotatable bonds is 6. The summed E-state index contributed by atoms with van der Waals surface area (Å²) in [6.45, 7) is 1.04. The van der Waals surface area contributed by atoms with Gasteiger partial charge in [-0.15, -0.1) is 0 Å². The van der Waals surface area contributed by atoms with E-state index in [2.05, 4.69) is 35.6 Å². The van der Waals surface area contributed by atoms with Crippen LogP contribution in [-0.2, 0) is 6.42 Å². The molecular weight excluding hydrogens is 274 g/mol. The van der Waals surface area contributed by atoms with Crippen LogP contribution < -0.4 is 10.1 Å². The summed E-state index contributed by atoms with van der Waals surface area (Å²) >= 11 is 0. The summed E-state index contributed by atoms with van der Waals surface area (Å²) in [7, 11) is 3.66. The summed E-state index contributed by atoms with van der Waals surface area (Å²) in [6.07, 6.45) is 2.21. The second-order valence-electron chi connectivity index (χ2n) is 5.42. The quantitative estimate of drug-likeness (QED) is 0.690. The van der Waals surface area contributed by atoms with Crippen molar-refractivity contribution >= 4 is 11.0 Å². The standard InChI is InChI=1S/C19H21NO2/c1-20-10-4-6-14-5-3-7-15(11-14)19-13-16-12-17(21-2)8-9-18(16)22-19/h3,5,7-9,11-13,20H,4,6,10H2,1-2H3. The van der Waals surface area contributed by atoms with Crippen molar-refractivity contribution < 1.29 is 9.15 Å². The SMILES string of the molecule is CNCCCc1cccc(-c2cc3cc(OC)ccc3o2)c1. The molecule has 0 atom stereocenters. The first kappa shape index (κ1) is 14.7. The molecule has 0 fully saturated rings. The average molecular weight is 295 g/mol. The smallest absolute Gasteiger partial charge is 0.135 e. The second kappa shape index (κ2) is 6.67. The van der Waals surface area contributed by atoms with E-state index in [9.17, 15) is 0 Å². The summed E-state index contributed by atoms with van der Waals surface area (Å²) in [5.41, 5.74) is 3.35. The lowest BCUT2D eigenvalue weighted by Gasteiger charge is -2.03. The van der Waals surface area contributed by atoms with Crippen molar-refractivity contribution in [3.05, 3.63) is 54.1 Å². The Balaban J connectivity index is 1.88. The van der Waals surface area contributed by atoms with Gasteiger partial charge in [0.1, 0.15) is 17.1 Å². The third-order valence-corrected chi connectivity index (χ3v) is 3.83. The summed E-state index contributed by atoms with van der Waals surface area (Å²) < 4.78 is 11.2. The van der Waals surface area contributed by atoms with Crippen LogP contribution in [0.25, 0.3) is 22.3 Å². The summed E-state index contributed by atoms with van der Waals surface area (Å²) in [5, 5.41) is 4.25. The number of ether oxygens (including phenoxy) is 1. The number of fused-ring (bicyclic) bond motifs is 1. The summed E-state index contributed by atoms with van der Waals surface area (Å²) in [5.74, 6) is 1.75. The molecule has 0 aliphatic heterocycles. The summed E-state index contributed by atoms with van der Waals surface area (Å²) in [4.78, 5) is 0. The van der Waals surface area contributed by atoms with Gasteiger partial charge < -0.3 is 14.5 Å². The van der Waals surface area contributed by atoms with Crippen LogP contribution in [0.4, 0.5) is 0 Å². The van der Waals surface area contributed by atoms with E-state index >= 15 is 0 Å². The van der Waals surface area contributed by atoms with Gasteiger partial charge in [0.2, 0.25) is 0 Å². The third-order valence-electron chi connectivity index (χ3n) is 3.83. The van der Waals surface area contributed by atoms with Crippen LogP contribution in [0.5, 0.6) is 5.75 Å². The Hall–Kier alpha value is -2.26. The van der Waals surface area contributed by atoms with E-state index in [1.54, 1.807) is 7.11 Å². The molecule has 0 aliphatic rings. The molecule has 2 aromatic carbocycles. The molecule has 0 radical (unpaired) electrons. The zero-order valence-corrected chi connectivity index (χ0v) is 13.1. The minimum absolute atomic E-state index is 0.848. The predicted octanol–water partition coefficient (Wildman–Crippen LogP) is 4.26. The minimum Gasteiger partial charge on any atom is -0.497 e. The molecular formula is C19H21NO2. The van der Waals surface area contributed by atoms with Crippen molar-refractivity contribution in [2.24, 2.45) is 0 Å². The maximum Gasteiger partial charge on any atom is 0.135 e. The highest BCUT2D eigenvalue weighted by atomic mass is 16.5. The zero-order valence-electron chi connectivity index (χ0n) is 13.1. The highest BCUT2D eigenvalue weighted by molar-refractivity contribution is 5.84. The molecule has 1 N–H and O–H groups in total. The van der Waals surface area contributed by atoms with Crippen LogP contribution in [-0.4, -0.2) is 20.7 Å². The first-order chi connectivity index (χ1) is 10.8. The van der Waals surface area contributed by atoms with Gasteiger partial charge in [0.15, 0.2) is 0 Å². The van der Waals surface area contributed by atoms with Crippen molar-refractivity contribution in [1.29, 1.82) is 0 Å². The molecule has 3 aromatic rings. The van der Waals surface area contributed by atoms with Gasteiger partial charge in [0.05, 0.1) is 7.11 Å². The summed E-state index contributed by atoms with van der Waals surface area (Å²) in [6, 6.07) is 16.5. The van der Waals surface area contributed by atoms with Gasteiger partial charge in [0.25, 0.3) is 0 Å². The number of benzene rings is 2. The molecule has 3 rings (SSSR count). The van der Waals surface area contributed by atoms with Crippen molar-refractivity contribution in [2.45, 2.75) is 12.8 Å². The van der Waals surface area contributed by atoms with Gasteiger partial charge >= 0.3 is 0 Å². The highest BCUT2D eigenvalue weighted by Gasteiger charge is 2.08. The fourth-order valence-electron chi connectivity index (χ4n) is 2.64. The van der Waals surface area contributed by atoms with E-state index < -0.39 is 0 Å². The van der Waals surface area contributed by atoms with E-state index in [4.69, 9.17) is 9.15 Å². The van der Waals surface area contributed by atoms with Crippen molar-refractivity contribution in [3.8, 4) is 17.1 Å². The number of furan rings is 1. The van der Waals surface area contributed by atoms with Gasteiger partial charge in [0, 0.05) is 10.9 Å². The fourth-order valence-corrected chi connectivity index (χ4v) is 2.64. The Kier molecular flexibility index (Phi) is 4.45. The van der Waals surface area contributed by atoms with Crippen LogP contribution in [0.2, 0.25) is 0 Å². The Bertz CT molecular complexity index is 761. The normalized spacial score (nSPS) is 11.0. The Labute approximate surface area is 130 Å². The lowest BCUT2D eigenvalue weighted by atomic mass is 10.0. The molecule has 0 bridgehead atoms. The van der Waals surface area contributed by atoms with Crippen molar-refractivity contribution in [3.63, 3.8) is 0 Å². The lowest BCUT2D eigenvalue weighted by Crippen LogP contribution is -2.08. The van der Waals surface area contributed by atoms with Crippen LogP contribution >= 0.6 is 0 Å². The molecule has 0 spiro atoms. The van der Waals surface area contributed by atoms with Crippen molar-refractivity contribution in [2.75, 3.05) is 20.7 Å². The largest absolute Gasteiger partial charge is 0.497 e. The molecule has 114 valence electrons. The van der Waals surface area contributed by atoms with E-state index in [-0.39, 0.29) is 0 Å². The maximum atomic E-state index is 5.97. The van der Waals surface area contributed by atoms with Gasteiger partial charge in [-0.3, -0.25) is 0 Å². The second-order valence-corrected chi connectivity index (χ2v) is 5.42. The van der Waals surface area contributed by atoms with E-state index in [1.165, 1.54) is 5.56 Å². The fraction of sp³-hybridized carbons (Fsp3) is 0.263. The first-order valence-electron chi connectivity index (χ1n) is 7.61. The lowest BCUT2D eigenvalue weighted by molar-refractivity contribution is 0.415. The van der Waals surface area contributed by atoms with E-state index in [0.29, 0.717) is 0 Å². The van der Waals surface area contributed by atoms with Gasteiger partial charge in [-0.25, -0.2) is 0 Å². The minimum atomic E-state index is 0.848. The number of nitrogens with one attached hydrogen (secondary N) is 1. The van der Waals surface area contributed by atoms with Gasteiger partial charge in [-0.2, -0.15) is 0 Å².